The summed E-state index contributed by atoms with van der Waals surface area (Å²) in [7, 11) is 0. The number of carbonyl (C=O) groups excluding carboxylic acids is 2. The number of benzene rings is 1. The maximum Gasteiger partial charge on any atom is 0.420 e. The molecule has 1 atom stereocenters. The van der Waals surface area contributed by atoms with Crippen LogP contribution in [0.3, 0.4) is 0 Å². The van der Waals surface area contributed by atoms with Crippen LogP contribution in [0, 0.1) is 29.5 Å². The largest absolute Gasteiger partial charge is 0.478 e. The molecule has 2 heterocycles. The van der Waals surface area contributed by atoms with E-state index in [1.165, 1.54) is 31.0 Å². The molecular weight excluding hydrogens is 642 g/mol. The zero-order chi connectivity index (χ0) is 35.3. The summed E-state index contributed by atoms with van der Waals surface area (Å²) in [6.07, 6.45) is -3.22. The van der Waals surface area contributed by atoms with Crippen molar-refractivity contribution in [2.75, 3.05) is 42.8 Å². The highest BCUT2D eigenvalue weighted by atomic mass is 32.1. The average Bonchev–Trinajstić information content (AvgIpc) is 3.13. The molecule has 47 heavy (non-hydrogen) atoms. The summed E-state index contributed by atoms with van der Waals surface area (Å²) < 4.78 is 72.8. The van der Waals surface area contributed by atoms with E-state index in [-0.39, 0.29) is 48.2 Å². The third-order valence-electron chi connectivity index (χ3n) is 7.70. The summed E-state index contributed by atoms with van der Waals surface area (Å²) in [6.45, 7) is 14.0. The second-order valence-corrected chi connectivity index (χ2v) is 12.9. The van der Waals surface area contributed by atoms with Crippen molar-refractivity contribution in [3.05, 3.63) is 46.9 Å². The highest BCUT2D eigenvalue weighted by Crippen LogP contribution is 2.42. The van der Waals surface area contributed by atoms with Gasteiger partial charge in [-0.2, -0.15) is 18.4 Å². The van der Waals surface area contributed by atoms with Crippen LogP contribution in [0.1, 0.15) is 64.7 Å². The Kier molecular flexibility index (Phi) is 11.9. The number of nitriles is 1. The van der Waals surface area contributed by atoms with Gasteiger partial charge >= 0.3 is 6.18 Å². The number of amides is 2. The molecule has 1 saturated heterocycles. The Bertz CT molecular complexity index is 1540. The van der Waals surface area contributed by atoms with Gasteiger partial charge in [-0.25, -0.2) is 9.37 Å². The lowest BCUT2D eigenvalue weighted by Gasteiger charge is -2.30. The fourth-order valence-corrected chi connectivity index (χ4v) is 5.09. The number of carbonyl (C=O) groups is 2. The quantitative estimate of drug-likeness (QED) is 0.162. The number of anilines is 2. The molecule has 1 N–H and O–H groups in total. The number of aromatic nitrogens is 1. The SMILES string of the molecule is Cc1cc(OCCCOCCOCC(=O)NC(C)C(C)(C)C)ncc1N1C(=S)N(c2ccc(C#N)c(C(F)(F)F)c2F)C(=O)C1(C)C. The van der Waals surface area contributed by atoms with Gasteiger partial charge in [0.25, 0.3) is 5.91 Å². The smallest absolute Gasteiger partial charge is 0.420 e. The van der Waals surface area contributed by atoms with E-state index in [0.717, 1.165) is 12.1 Å². The van der Waals surface area contributed by atoms with Crippen molar-refractivity contribution in [1.82, 2.24) is 10.3 Å². The number of hydrogen-bond acceptors (Lipinski definition) is 8. The topological polar surface area (TPSA) is 117 Å². The first-order chi connectivity index (χ1) is 21.8. The van der Waals surface area contributed by atoms with E-state index in [4.69, 9.17) is 31.7 Å². The van der Waals surface area contributed by atoms with Crippen LogP contribution in [-0.2, 0) is 25.2 Å². The average molecular weight is 682 g/mol. The van der Waals surface area contributed by atoms with E-state index < -0.39 is 40.3 Å². The minimum absolute atomic E-state index is 0.00726. The van der Waals surface area contributed by atoms with Gasteiger partial charge in [0.05, 0.1) is 49.0 Å². The number of halogens is 4. The highest BCUT2D eigenvalue weighted by Gasteiger charge is 2.52. The molecule has 1 fully saturated rings. The van der Waals surface area contributed by atoms with Gasteiger partial charge in [-0.1, -0.05) is 20.8 Å². The van der Waals surface area contributed by atoms with E-state index >= 15 is 4.39 Å². The fourth-order valence-electron chi connectivity index (χ4n) is 4.58. The summed E-state index contributed by atoms with van der Waals surface area (Å²) in [5.74, 6) is -2.44. The molecule has 2 amide bonds. The maximum atomic E-state index is 15.3. The number of rotatable bonds is 13. The molecule has 0 aliphatic carbocycles. The van der Waals surface area contributed by atoms with Crippen molar-refractivity contribution in [2.45, 2.75) is 72.6 Å². The Balaban J connectivity index is 1.56. The number of hydrogen-bond donors (Lipinski definition) is 1. The number of aryl methyl sites for hydroxylation is 1. The molecular formula is C32H39F4N5O5S. The van der Waals surface area contributed by atoms with E-state index in [1.54, 1.807) is 13.0 Å². The zero-order valence-electron chi connectivity index (χ0n) is 27.4. The lowest BCUT2D eigenvalue weighted by atomic mass is 9.88. The molecule has 15 heteroatoms. The van der Waals surface area contributed by atoms with E-state index in [0.29, 0.717) is 35.8 Å². The van der Waals surface area contributed by atoms with Gasteiger partial charge in [-0.3, -0.25) is 14.5 Å². The summed E-state index contributed by atoms with van der Waals surface area (Å²) in [5, 5.41) is 11.7. The van der Waals surface area contributed by atoms with Crippen molar-refractivity contribution in [1.29, 1.82) is 5.26 Å². The van der Waals surface area contributed by atoms with Crippen LogP contribution < -0.4 is 19.9 Å². The molecule has 1 aliphatic rings. The van der Waals surface area contributed by atoms with Gasteiger partial charge < -0.3 is 24.4 Å². The minimum atomic E-state index is -5.17. The lowest BCUT2D eigenvalue weighted by molar-refractivity contribution is -0.140. The molecule has 0 spiro atoms. The van der Waals surface area contributed by atoms with Crippen molar-refractivity contribution in [2.24, 2.45) is 5.41 Å². The monoisotopic (exact) mass is 681 g/mol. The van der Waals surface area contributed by atoms with Crippen molar-refractivity contribution >= 4 is 40.5 Å². The fraction of sp³-hybridized carbons (Fsp3) is 0.531. The molecule has 2 aromatic rings. The molecule has 0 bridgehead atoms. The summed E-state index contributed by atoms with van der Waals surface area (Å²) in [5.41, 5.74) is -3.90. The molecule has 1 aromatic heterocycles. The van der Waals surface area contributed by atoms with Crippen molar-refractivity contribution < 1.29 is 41.4 Å². The van der Waals surface area contributed by atoms with Crippen LogP contribution in [0.15, 0.2) is 24.4 Å². The highest BCUT2D eigenvalue weighted by molar-refractivity contribution is 7.81. The van der Waals surface area contributed by atoms with E-state index in [9.17, 15) is 22.8 Å². The number of ether oxygens (including phenoxy) is 3. The number of thiocarbonyl (C=S) groups is 1. The van der Waals surface area contributed by atoms with Gasteiger partial charge in [0.1, 0.15) is 17.7 Å². The van der Waals surface area contributed by atoms with Gasteiger partial charge in [0.15, 0.2) is 10.9 Å². The molecule has 0 saturated carbocycles. The number of nitrogens with one attached hydrogen (secondary N) is 1. The molecule has 256 valence electrons. The molecule has 3 rings (SSSR count). The zero-order valence-corrected chi connectivity index (χ0v) is 28.2. The molecule has 1 aromatic carbocycles. The Labute approximate surface area is 277 Å². The summed E-state index contributed by atoms with van der Waals surface area (Å²) >= 11 is 5.50. The Morgan fingerprint density at radius 2 is 1.79 bits per heavy atom. The van der Waals surface area contributed by atoms with Crippen LogP contribution >= 0.6 is 12.2 Å². The van der Waals surface area contributed by atoms with E-state index in [2.05, 4.69) is 10.3 Å². The van der Waals surface area contributed by atoms with Gasteiger partial charge in [0.2, 0.25) is 11.8 Å². The summed E-state index contributed by atoms with van der Waals surface area (Å²) in [4.78, 5) is 31.8. The summed E-state index contributed by atoms with van der Waals surface area (Å²) in [6, 6.07) is 4.70. The Hall–Kier alpha value is -3.87. The molecule has 0 radical (unpaired) electrons. The van der Waals surface area contributed by atoms with Crippen LogP contribution in [0.4, 0.5) is 28.9 Å². The second kappa shape index (κ2) is 14.9. The number of pyridine rings is 1. The first kappa shape index (κ1) is 37.6. The van der Waals surface area contributed by atoms with E-state index in [1.807, 2.05) is 27.7 Å². The normalized spacial score (nSPS) is 15.5. The van der Waals surface area contributed by atoms with Crippen LogP contribution in [0.25, 0.3) is 0 Å². The van der Waals surface area contributed by atoms with Gasteiger partial charge in [-0.05, 0) is 63.0 Å². The molecule has 1 unspecified atom stereocenters. The predicted molar refractivity (Wildman–Crippen MR) is 171 cm³/mol. The van der Waals surface area contributed by atoms with Crippen molar-refractivity contribution in [3.8, 4) is 11.9 Å². The predicted octanol–water partition coefficient (Wildman–Crippen LogP) is 5.69. The lowest BCUT2D eigenvalue weighted by Crippen LogP contribution is -2.44. The maximum absolute atomic E-state index is 15.3. The van der Waals surface area contributed by atoms with Crippen molar-refractivity contribution in [3.63, 3.8) is 0 Å². The standard InChI is InChI=1S/C32H39F4N5O5S/c1-19-15-25(46-12-8-11-44-13-14-45-18-24(42)39-20(2)30(3,4)5)38-17-23(19)41-29(47)40(28(43)31(41,6)7)22-10-9-21(16-37)26(27(22)33)32(34,35)36/h9-10,15,17,20H,8,11-14,18H2,1-7H3,(H,39,42). The van der Waals surface area contributed by atoms with Crippen LogP contribution in [-0.4, -0.2) is 66.5 Å². The minimum Gasteiger partial charge on any atom is -0.478 e. The van der Waals surface area contributed by atoms with Crippen LogP contribution in [0.5, 0.6) is 5.88 Å². The number of alkyl halides is 3. The van der Waals surface area contributed by atoms with Gasteiger partial charge in [0, 0.05) is 25.1 Å². The molecule has 1 aliphatic heterocycles. The van der Waals surface area contributed by atoms with Crippen LogP contribution in [0.2, 0.25) is 0 Å². The number of nitrogens with zero attached hydrogens (tertiary/aromatic N) is 4. The Morgan fingerprint density at radius 3 is 2.38 bits per heavy atom. The second-order valence-electron chi connectivity index (χ2n) is 12.6. The Morgan fingerprint density at radius 1 is 1.13 bits per heavy atom. The van der Waals surface area contributed by atoms with Gasteiger partial charge in [-0.15, -0.1) is 0 Å². The first-order valence-electron chi connectivity index (χ1n) is 14.8. The third kappa shape index (κ3) is 8.74. The first-order valence-corrected chi connectivity index (χ1v) is 15.3. The molecule has 10 nitrogen and oxygen atoms in total. The third-order valence-corrected chi connectivity index (χ3v) is 8.06.